The van der Waals surface area contributed by atoms with Crippen LogP contribution in [0.3, 0.4) is 0 Å². The van der Waals surface area contributed by atoms with Crippen LogP contribution in [0.5, 0.6) is 0 Å². The Labute approximate surface area is 96.5 Å². The standard InChI is InChI=1S/C13H17ClO/c1-10-6-7-12(11(2)9-10)13(15)5-3-4-8-14/h6-7,9H,3-5,8H2,1-2H3. The van der Waals surface area contributed by atoms with Crippen LogP contribution >= 0.6 is 11.6 Å². The number of unbranched alkanes of at least 4 members (excludes halogenated alkanes) is 1. The van der Waals surface area contributed by atoms with Crippen molar-refractivity contribution in [3.63, 3.8) is 0 Å². The summed E-state index contributed by atoms with van der Waals surface area (Å²) in [7, 11) is 0. The van der Waals surface area contributed by atoms with E-state index in [4.69, 9.17) is 11.6 Å². The Bertz CT molecular complexity index is 344. The van der Waals surface area contributed by atoms with Crippen molar-refractivity contribution < 1.29 is 4.79 Å². The Hall–Kier alpha value is -0.820. The molecule has 1 aromatic rings. The summed E-state index contributed by atoms with van der Waals surface area (Å²) >= 11 is 5.57. The van der Waals surface area contributed by atoms with Gasteiger partial charge in [-0.2, -0.15) is 0 Å². The van der Waals surface area contributed by atoms with E-state index >= 15 is 0 Å². The molecule has 0 bridgehead atoms. The lowest BCUT2D eigenvalue weighted by molar-refractivity contribution is 0.0979. The van der Waals surface area contributed by atoms with E-state index in [1.54, 1.807) is 0 Å². The third-order valence-electron chi connectivity index (χ3n) is 2.47. The smallest absolute Gasteiger partial charge is 0.163 e. The van der Waals surface area contributed by atoms with Gasteiger partial charge in [0.1, 0.15) is 0 Å². The van der Waals surface area contributed by atoms with Gasteiger partial charge in [-0.1, -0.05) is 23.8 Å². The summed E-state index contributed by atoms with van der Waals surface area (Å²) in [5, 5.41) is 0. The van der Waals surface area contributed by atoms with Crippen molar-refractivity contribution >= 4 is 17.4 Å². The van der Waals surface area contributed by atoms with E-state index in [-0.39, 0.29) is 5.78 Å². The minimum Gasteiger partial charge on any atom is -0.294 e. The number of carbonyl (C=O) groups is 1. The number of alkyl halides is 1. The Balaban J connectivity index is 2.65. The van der Waals surface area contributed by atoms with Crippen molar-refractivity contribution in [3.8, 4) is 0 Å². The topological polar surface area (TPSA) is 17.1 Å². The fourth-order valence-corrected chi connectivity index (χ4v) is 1.83. The van der Waals surface area contributed by atoms with Crippen LogP contribution in [-0.2, 0) is 0 Å². The zero-order valence-electron chi connectivity index (χ0n) is 9.35. The molecule has 0 saturated heterocycles. The zero-order valence-corrected chi connectivity index (χ0v) is 10.1. The minimum atomic E-state index is 0.234. The monoisotopic (exact) mass is 224 g/mol. The first kappa shape index (κ1) is 12.3. The maximum Gasteiger partial charge on any atom is 0.163 e. The zero-order chi connectivity index (χ0) is 11.3. The normalized spacial score (nSPS) is 10.3. The lowest BCUT2D eigenvalue weighted by Gasteiger charge is -2.05. The molecule has 15 heavy (non-hydrogen) atoms. The van der Waals surface area contributed by atoms with Crippen LogP contribution in [0.4, 0.5) is 0 Å². The minimum absolute atomic E-state index is 0.234. The molecule has 0 aliphatic rings. The summed E-state index contributed by atoms with van der Waals surface area (Å²) in [5.41, 5.74) is 3.13. The quantitative estimate of drug-likeness (QED) is 0.421. The maximum atomic E-state index is 11.8. The molecule has 0 fully saturated rings. The van der Waals surface area contributed by atoms with Crippen LogP contribution < -0.4 is 0 Å². The summed E-state index contributed by atoms with van der Waals surface area (Å²) in [6, 6.07) is 5.96. The van der Waals surface area contributed by atoms with Crippen LogP contribution in [-0.4, -0.2) is 11.7 Å². The van der Waals surface area contributed by atoms with Crippen molar-refractivity contribution in [1.82, 2.24) is 0 Å². The van der Waals surface area contributed by atoms with Crippen LogP contribution in [0.25, 0.3) is 0 Å². The molecular weight excluding hydrogens is 208 g/mol. The molecule has 0 N–H and O–H groups in total. The van der Waals surface area contributed by atoms with Gasteiger partial charge in [-0.3, -0.25) is 4.79 Å². The second-order valence-electron chi connectivity index (χ2n) is 3.89. The Kier molecular flexibility index (Phi) is 4.83. The molecule has 2 heteroatoms. The average Bonchev–Trinajstić information content (AvgIpc) is 2.17. The highest BCUT2D eigenvalue weighted by atomic mass is 35.5. The fraction of sp³-hybridized carbons (Fsp3) is 0.462. The molecule has 0 aromatic heterocycles. The van der Waals surface area contributed by atoms with Crippen LogP contribution in [0.1, 0.15) is 40.7 Å². The predicted octanol–water partition coefficient (Wildman–Crippen LogP) is 3.90. The maximum absolute atomic E-state index is 11.8. The van der Waals surface area contributed by atoms with Crippen molar-refractivity contribution in [3.05, 3.63) is 34.9 Å². The summed E-state index contributed by atoms with van der Waals surface area (Å²) in [4.78, 5) is 11.8. The van der Waals surface area contributed by atoms with E-state index in [0.29, 0.717) is 12.3 Å². The number of halogens is 1. The number of hydrogen-bond donors (Lipinski definition) is 0. The number of rotatable bonds is 5. The molecule has 0 saturated carbocycles. The number of benzene rings is 1. The molecular formula is C13H17ClO. The third kappa shape index (κ3) is 3.67. The number of Topliss-reactive ketones (excluding diaryl/α,β-unsaturated/α-hetero) is 1. The van der Waals surface area contributed by atoms with E-state index in [2.05, 4.69) is 6.07 Å². The van der Waals surface area contributed by atoms with Crippen molar-refractivity contribution in [2.75, 3.05) is 5.88 Å². The summed E-state index contributed by atoms with van der Waals surface area (Å²) in [6.07, 6.45) is 2.41. The molecule has 0 heterocycles. The lowest BCUT2D eigenvalue weighted by atomic mass is 9.99. The molecule has 1 aromatic carbocycles. The van der Waals surface area contributed by atoms with Gasteiger partial charge in [0.05, 0.1) is 0 Å². The highest BCUT2D eigenvalue weighted by Crippen LogP contribution is 2.14. The summed E-state index contributed by atoms with van der Waals surface area (Å²) in [6.45, 7) is 4.02. The van der Waals surface area contributed by atoms with Crippen LogP contribution in [0.2, 0.25) is 0 Å². The van der Waals surface area contributed by atoms with Crippen LogP contribution in [0, 0.1) is 13.8 Å². The second-order valence-corrected chi connectivity index (χ2v) is 4.27. The van der Waals surface area contributed by atoms with Crippen molar-refractivity contribution in [2.45, 2.75) is 33.1 Å². The van der Waals surface area contributed by atoms with Gasteiger partial charge < -0.3 is 0 Å². The Morgan fingerprint density at radius 1 is 1.27 bits per heavy atom. The average molecular weight is 225 g/mol. The van der Waals surface area contributed by atoms with Gasteiger partial charge in [0.2, 0.25) is 0 Å². The molecule has 0 radical (unpaired) electrons. The first-order chi connectivity index (χ1) is 7.15. The lowest BCUT2D eigenvalue weighted by Crippen LogP contribution is -2.02. The number of hydrogen-bond acceptors (Lipinski definition) is 1. The predicted molar refractivity (Wildman–Crippen MR) is 64.8 cm³/mol. The van der Waals surface area contributed by atoms with Gasteiger partial charge in [0.15, 0.2) is 5.78 Å². The van der Waals surface area contributed by atoms with Gasteiger partial charge in [-0.05, 0) is 32.3 Å². The van der Waals surface area contributed by atoms with E-state index in [1.165, 1.54) is 5.56 Å². The van der Waals surface area contributed by atoms with Crippen molar-refractivity contribution in [2.24, 2.45) is 0 Å². The number of aryl methyl sites for hydroxylation is 2. The third-order valence-corrected chi connectivity index (χ3v) is 2.74. The molecule has 82 valence electrons. The van der Waals surface area contributed by atoms with E-state index in [0.717, 1.165) is 24.0 Å². The first-order valence-corrected chi connectivity index (χ1v) is 5.85. The highest BCUT2D eigenvalue weighted by molar-refractivity contribution is 6.17. The molecule has 1 nitrogen and oxygen atoms in total. The summed E-state index contributed by atoms with van der Waals surface area (Å²) < 4.78 is 0. The summed E-state index contributed by atoms with van der Waals surface area (Å²) in [5.74, 6) is 0.873. The van der Waals surface area contributed by atoms with Crippen LogP contribution in [0.15, 0.2) is 18.2 Å². The van der Waals surface area contributed by atoms with E-state index in [1.807, 2.05) is 26.0 Å². The highest BCUT2D eigenvalue weighted by Gasteiger charge is 2.08. The Morgan fingerprint density at radius 2 is 2.00 bits per heavy atom. The molecule has 0 aliphatic heterocycles. The van der Waals surface area contributed by atoms with Gasteiger partial charge in [-0.15, -0.1) is 11.6 Å². The molecule has 0 aliphatic carbocycles. The molecule has 1 rings (SSSR count). The first-order valence-electron chi connectivity index (χ1n) is 5.31. The van der Waals surface area contributed by atoms with Gasteiger partial charge in [-0.25, -0.2) is 0 Å². The second kappa shape index (κ2) is 5.92. The molecule has 0 amide bonds. The van der Waals surface area contributed by atoms with E-state index < -0.39 is 0 Å². The van der Waals surface area contributed by atoms with E-state index in [9.17, 15) is 4.79 Å². The van der Waals surface area contributed by atoms with Gasteiger partial charge >= 0.3 is 0 Å². The fourth-order valence-electron chi connectivity index (χ4n) is 1.64. The van der Waals surface area contributed by atoms with Gasteiger partial charge in [0, 0.05) is 17.9 Å². The van der Waals surface area contributed by atoms with Gasteiger partial charge in [0.25, 0.3) is 0 Å². The molecule has 0 unspecified atom stereocenters. The van der Waals surface area contributed by atoms with Crippen molar-refractivity contribution in [1.29, 1.82) is 0 Å². The largest absolute Gasteiger partial charge is 0.294 e. The molecule has 0 spiro atoms. The Morgan fingerprint density at radius 3 is 2.60 bits per heavy atom. The number of carbonyl (C=O) groups excluding carboxylic acids is 1. The SMILES string of the molecule is Cc1ccc(C(=O)CCCCCl)c(C)c1. The molecule has 0 atom stereocenters. The number of ketones is 1.